The molecule has 0 bridgehead atoms. The Bertz CT molecular complexity index is 454. The minimum absolute atomic E-state index is 0.141. The summed E-state index contributed by atoms with van der Waals surface area (Å²) in [6, 6.07) is 2.57. The zero-order valence-electron chi connectivity index (χ0n) is 10.8. The second kappa shape index (κ2) is 5.27. The van der Waals surface area contributed by atoms with Gasteiger partial charge in [-0.05, 0) is 26.7 Å². The molecule has 6 heteroatoms. The van der Waals surface area contributed by atoms with Gasteiger partial charge in [0.05, 0.1) is 0 Å². The van der Waals surface area contributed by atoms with E-state index in [2.05, 4.69) is 16.5 Å². The zero-order chi connectivity index (χ0) is 13.1. The molecule has 1 aliphatic rings. The molecule has 0 atom stereocenters. The number of nitrogen functional groups attached to an aromatic ring is 1. The fourth-order valence-corrected chi connectivity index (χ4v) is 2.09. The lowest BCUT2D eigenvalue weighted by Gasteiger charge is -2.23. The summed E-state index contributed by atoms with van der Waals surface area (Å²) < 4.78 is 6.99. The lowest BCUT2D eigenvalue weighted by molar-refractivity contribution is 0.0903. The minimum Gasteiger partial charge on any atom is -0.383 e. The second-order valence-corrected chi connectivity index (χ2v) is 4.79. The molecule has 0 unspecified atom stereocenters. The van der Waals surface area contributed by atoms with E-state index in [9.17, 15) is 5.26 Å². The van der Waals surface area contributed by atoms with Crippen molar-refractivity contribution in [1.29, 1.82) is 5.26 Å². The number of aromatic nitrogens is 2. The maximum atomic E-state index is 9.18. The molecule has 3 N–H and O–H groups in total. The molecule has 0 spiro atoms. The molecule has 2 rings (SSSR count). The van der Waals surface area contributed by atoms with Crippen LogP contribution in [0.3, 0.4) is 0 Å². The molecule has 98 valence electrons. The van der Waals surface area contributed by atoms with E-state index < -0.39 is 0 Å². The van der Waals surface area contributed by atoms with Crippen LogP contribution < -0.4 is 11.1 Å². The highest BCUT2D eigenvalue weighted by atomic mass is 16.5. The van der Waals surface area contributed by atoms with Crippen molar-refractivity contribution in [2.24, 2.45) is 0 Å². The first-order chi connectivity index (χ1) is 8.63. The molecule has 1 saturated heterocycles. The fraction of sp³-hybridized carbons (Fsp3) is 0.667. The topological polar surface area (TPSA) is 88.9 Å². The average Bonchev–Trinajstić information content (AvgIpc) is 2.67. The van der Waals surface area contributed by atoms with E-state index in [1.165, 1.54) is 0 Å². The number of anilines is 2. The van der Waals surface area contributed by atoms with Crippen LogP contribution in [0.1, 0.15) is 38.3 Å². The Labute approximate surface area is 107 Å². The van der Waals surface area contributed by atoms with Crippen LogP contribution in [-0.2, 0) is 4.74 Å². The predicted octanol–water partition coefficient (Wildman–Crippen LogP) is 1.51. The maximum Gasteiger partial charge on any atom is 0.168 e. The van der Waals surface area contributed by atoms with Crippen LogP contribution in [0.5, 0.6) is 0 Å². The van der Waals surface area contributed by atoms with Crippen LogP contribution in [0.2, 0.25) is 0 Å². The Morgan fingerprint density at radius 2 is 2.17 bits per heavy atom. The van der Waals surface area contributed by atoms with Crippen molar-refractivity contribution in [3.8, 4) is 6.07 Å². The third kappa shape index (κ3) is 2.41. The number of nitriles is 1. The highest BCUT2D eigenvalue weighted by molar-refractivity contribution is 5.64. The van der Waals surface area contributed by atoms with E-state index in [-0.39, 0.29) is 6.04 Å². The number of hydrogen-bond acceptors (Lipinski definition) is 5. The lowest BCUT2D eigenvalue weighted by Crippen LogP contribution is -2.28. The van der Waals surface area contributed by atoms with Crippen LogP contribution in [0, 0.1) is 11.3 Å². The minimum atomic E-state index is 0.141. The maximum absolute atomic E-state index is 9.18. The van der Waals surface area contributed by atoms with E-state index in [0.29, 0.717) is 23.2 Å². The van der Waals surface area contributed by atoms with Crippen molar-refractivity contribution in [3.05, 3.63) is 5.56 Å². The Balaban J connectivity index is 2.21. The van der Waals surface area contributed by atoms with E-state index in [1.807, 2.05) is 13.8 Å². The van der Waals surface area contributed by atoms with E-state index in [0.717, 1.165) is 26.1 Å². The zero-order valence-corrected chi connectivity index (χ0v) is 10.8. The van der Waals surface area contributed by atoms with E-state index >= 15 is 0 Å². The van der Waals surface area contributed by atoms with Crippen LogP contribution >= 0.6 is 0 Å². The van der Waals surface area contributed by atoms with Gasteiger partial charge in [0.15, 0.2) is 5.82 Å². The van der Waals surface area contributed by atoms with Gasteiger partial charge < -0.3 is 15.8 Å². The first-order valence-corrected chi connectivity index (χ1v) is 6.25. The molecular formula is C12H19N5O. The molecule has 0 saturated carbocycles. The smallest absolute Gasteiger partial charge is 0.168 e. The van der Waals surface area contributed by atoms with Gasteiger partial charge in [0.1, 0.15) is 17.5 Å². The molecular weight excluding hydrogens is 230 g/mol. The molecule has 1 aromatic rings. The second-order valence-electron chi connectivity index (χ2n) is 4.79. The summed E-state index contributed by atoms with van der Waals surface area (Å²) in [5.41, 5.74) is 6.37. The number of nitrogens with zero attached hydrogens (tertiary/aromatic N) is 3. The van der Waals surface area contributed by atoms with Crippen molar-refractivity contribution < 1.29 is 4.74 Å². The molecule has 18 heavy (non-hydrogen) atoms. The monoisotopic (exact) mass is 249 g/mol. The van der Waals surface area contributed by atoms with Crippen molar-refractivity contribution in [3.63, 3.8) is 0 Å². The Morgan fingerprint density at radius 1 is 1.50 bits per heavy atom. The Morgan fingerprint density at radius 3 is 2.72 bits per heavy atom. The molecule has 0 radical (unpaired) electrons. The summed E-state index contributed by atoms with van der Waals surface area (Å²) in [5.74, 6) is 1.03. The first-order valence-electron chi connectivity index (χ1n) is 6.25. The molecule has 1 fully saturated rings. The highest BCUT2D eigenvalue weighted by Gasteiger charge is 2.21. The summed E-state index contributed by atoms with van der Waals surface area (Å²) in [5, 5.41) is 16.9. The van der Waals surface area contributed by atoms with Crippen molar-refractivity contribution in [1.82, 2.24) is 9.78 Å². The number of rotatable bonds is 3. The number of ether oxygens (including phenoxy) is 1. The SMILES string of the molecule is CC(C)n1nc(NC2CCOCC2)c(C#N)c1N. The summed E-state index contributed by atoms with van der Waals surface area (Å²) in [6.45, 7) is 5.48. The summed E-state index contributed by atoms with van der Waals surface area (Å²) in [7, 11) is 0. The van der Waals surface area contributed by atoms with Crippen LogP contribution in [0.25, 0.3) is 0 Å². The predicted molar refractivity (Wildman–Crippen MR) is 69.2 cm³/mol. The number of nitrogens with one attached hydrogen (secondary N) is 1. The normalized spacial score (nSPS) is 16.8. The summed E-state index contributed by atoms with van der Waals surface area (Å²) in [4.78, 5) is 0. The Hall–Kier alpha value is -1.74. The molecule has 0 aliphatic carbocycles. The molecule has 6 nitrogen and oxygen atoms in total. The van der Waals surface area contributed by atoms with Crippen molar-refractivity contribution >= 4 is 11.6 Å². The first kappa shape index (κ1) is 12.7. The summed E-state index contributed by atoms with van der Waals surface area (Å²) in [6.07, 6.45) is 1.86. The van der Waals surface area contributed by atoms with Gasteiger partial charge in [-0.2, -0.15) is 10.4 Å². The largest absolute Gasteiger partial charge is 0.383 e. The van der Waals surface area contributed by atoms with E-state index in [1.54, 1.807) is 4.68 Å². The molecule has 0 amide bonds. The van der Waals surface area contributed by atoms with Crippen molar-refractivity contribution in [2.45, 2.75) is 38.8 Å². The molecule has 1 aromatic heterocycles. The average molecular weight is 249 g/mol. The van der Waals surface area contributed by atoms with Gasteiger partial charge >= 0.3 is 0 Å². The highest BCUT2D eigenvalue weighted by Crippen LogP contribution is 2.25. The fourth-order valence-electron chi connectivity index (χ4n) is 2.09. The standard InChI is InChI=1S/C12H19N5O/c1-8(2)17-11(14)10(7-13)12(16-17)15-9-3-5-18-6-4-9/h8-9H,3-6,14H2,1-2H3,(H,15,16). The molecule has 2 heterocycles. The van der Waals surface area contributed by atoms with Crippen LogP contribution in [0.15, 0.2) is 0 Å². The molecule has 0 aromatic carbocycles. The van der Waals surface area contributed by atoms with Crippen LogP contribution in [0.4, 0.5) is 11.6 Å². The quantitative estimate of drug-likeness (QED) is 0.847. The van der Waals surface area contributed by atoms with E-state index in [4.69, 9.17) is 10.5 Å². The van der Waals surface area contributed by atoms with Gasteiger partial charge in [0.25, 0.3) is 0 Å². The van der Waals surface area contributed by atoms with Gasteiger partial charge in [0.2, 0.25) is 0 Å². The van der Waals surface area contributed by atoms with Gasteiger partial charge in [0, 0.05) is 25.3 Å². The number of hydrogen-bond donors (Lipinski definition) is 2. The summed E-state index contributed by atoms with van der Waals surface area (Å²) >= 11 is 0. The van der Waals surface area contributed by atoms with Gasteiger partial charge in [-0.1, -0.05) is 0 Å². The third-order valence-electron chi connectivity index (χ3n) is 3.11. The van der Waals surface area contributed by atoms with Gasteiger partial charge in [-0.3, -0.25) is 0 Å². The third-order valence-corrected chi connectivity index (χ3v) is 3.11. The van der Waals surface area contributed by atoms with Crippen molar-refractivity contribution in [2.75, 3.05) is 24.3 Å². The molecule has 1 aliphatic heterocycles. The lowest BCUT2D eigenvalue weighted by atomic mass is 10.1. The number of nitrogens with two attached hydrogens (primary N) is 1. The van der Waals surface area contributed by atoms with Gasteiger partial charge in [-0.15, -0.1) is 0 Å². The van der Waals surface area contributed by atoms with Gasteiger partial charge in [-0.25, -0.2) is 4.68 Å². The Kier molecular flexibility index (Phi) is 3.72. The van der Waals surface area contributed by atoms with Crippen LogP contribution in [-0.4, -0.2) is 29.0 Å².